The maximum Gasteiger partial charge on any atom is 0.150 e. The predicted octanol–water partition coefficient (Wildman–Crippen LogP) is 1.64. The first kappa shape index (κ1) is 5.61. The standard InChI is InChI=1S/C6H5NO2S/c8-3-1-7-5-4(9)2-10-6(3)5/h1-2,7-9H. The highest BCUT2D eigenvalue weighted by Crippen LogP contribution is 2.35. The highest BCUT2D eigenvalue weighted by Gasteiger charge is 2.06. The fourth-order valence-electron chi connectivity index (χ4n) is 0.883. The van der Waals surface area contributed by atoms with Gasteiger partial charge in [0, 0.05) is 11.6 Å². The largest absolute Gasteiger partial charge is 0.505 e. The maximum atomic E-state index is 9.09. The van der Waals surface area contributed by atoms with Crippen LogP contribution in [0.5, 0.6) is 11.5 Å². The van der Waals surface area contributed by atoms with Gasteiger partial charge in [0.1, 0.15) is 11.3 Å². The summed E-state index contributed by atoms with van der Waals surface area (Å²) in [6.07, 6.45) is 1.46. The lowest BCUT2D eigenvalue weighted by atomic mass is 10.5. The second-order valence-electron chi connectivity index (χ2n) is 2.00. The van der Waals surface area contributed by atoms with E-state index in [4.69, 9.17) is 10.2 Å². The molecule has 10 heavy (non-hydrogen) atoms. The molecule has 2 aromatic rings. The Labute approximate surface area is 60.6 Å². The first-order valence-corrected chi connectivity index (χ1v) is 3.63. The molecule has 2 aromatic heterocycles. The van der Waals surface area contributed by atoms with Crippen LogP contribution in [0.4, 0.5) is 0 Å². The quantitative estimate of drug-likeness (QED) is 0.541. The first-order chi connectivity index (χ1) is 4.79. The van der Waals surface area contributed by atoms with Gasteiger partial charge in [0.15, 0.2) is 5.75 Å². The Hall–Kier alpha value is -1.16. The fourth-order valence-corrected chi connectivity index (χ4v) is 1.69. The SMILES string of the molecule is Oc1csc2c(O)c[nH]c12. The van der Waals surface area contributed by atoms with E-state index in [1.807, 2.05) is 0 Å². The maximum absolute atomic E-state index is 9.09. The molecule has 4 heteroatoms. The molecule has 0 aliphatic rings. The number of H-pyrrole nitrogens is 1. The van der Waals surface area contributed by atoms with Crippen LogP contribution in [0.25, 0.3) is 10.2 Å². The minimum Gasteiger partial charge on any atom is -0.505 e. The van der Waals surface area contributed by atoms with E-state index in [1.165, 1.54) is 17.5 Å². The molecule has 0 unspecified atom stereocenters. The number of aromatic hydroxyl groups is 2. The minimum atomic E-state index is 0.195. The van der Waals surface area contributed by atoms with Crippen molar-refractivity contribution in [2.45, 2.75) is 0 Å². The van der Waals surface area contributed by atoms with Crippen molar-refractivity contribution in [1.29, 1.82) is 0 Å². The van der Waals surface area contributed by atoms with Crippen molar-refractivity contribution in [2.24, 2.45) is 0 Å². The van der Waals surface area contributed by atoms with E-state index in [9.17, 15) is 0 Å². The lowest BCUT2D eigenvalue weighted by molar-refractivity contribution is 0.481. The summed E-state index contributed by atoms with van der Waals surface area (Å²) in [6.45, 7) is 0. The van der Waals surface area contributed by atoms with Gasteiger partial charge in [-0.1, -0.05) is 0 Å². The molecular weight excluding hydrogens is 150 g/mol. The molecule has 0 aliphatic carbocycles. The monoisotopic (exact) mass is 155 g/mol. The van der Waals surface area contributed by atoms with Crippen molar-refractivity contribution in [3.05, 3.63) is 11.6 Å². The van der Waals surface area contributed by atoms with Gasteiger partial charge in [-0.15, -0.1) is 11.3 Å². The van der Waals surface area contributed by atoms with Gasteiger partial charge in [-0.3, -0.25) is 0 Å². The molecule has 0 saturated carbocycles. The number of aromatic nitrogens is 1. The predicted molar refractivity (Wildman–Crippen MR) is 39.5 cm³/mol. The van der Waals surface area contributed by atoms with Crippen LogP contribution in [-0.4, -0.2) is 15.2 Å². The van der Waals surface area contributed by atoms with Crippen molar-refractivity contribution >= 4 is 21.6 Å². The molecule has 2 rings (SSSR count). The molecule has 0 saturated heterocycles. The van der Waals surface area contributed by atoms with Crippen LogP contribution < -0.4 is 0 Å². The number of rotatable bonds is 0. The van der Waals surface area contributed by atoms with Gasteiger partial charge in [0.25, 0.3) is 0 Å². The molecule has 0 fully saturated rings. The van der Waals surface area contributed by atoms with Gasteiger partial charge in [0.05, 0.1) is 4.70 Å². The average Bonchev–Trinajstić information content (AvgIpc) is 2.41. The number of aromatic amines is 1. The Morgan fingerprint density at radius 1 is 1.30 bits per heavy atom. The summed E-state index contributed by atoms with van der Waals surface area (Å²) in [5.74, 6) is 0.389. The molecule has 0 bridgehead atoms. The lowest BCUT2D eigenvalue weighted by Gasteiger charge is -1.78. The Kier molecular flexibility index (Phi) is 0.935. The third kappa shape index (κ3) is 0.537. The van der Waals surface area contributed by atoms with Crippen LogP contribution in [-0.2, 0) is 0 Å². The summed E-state index contributed by atoms with van der Waals surface area (Å²) in [7, 11) is 0. The van der Waals surface area contributed by atoms with Gasteiger partial charge < -0.3 is 15.2 Å². The number of nitrogens with one attached hydrogen (secondary N) is 1. The Bertz CT molecular complexity index is 327. The van der Waals surface area contributed by atoms with Crippen LogP contribution >= 0.6 is 11.3 Å². The van der Waals surface area contributed by atoms with E-state index < -0.39 is 0 Å². The number of hydrogen-bond donors (Lipinski definition) is 3. The van der Waals surface area contributed by atoms with E-state index >= 15 is 0 Å². The smallest absolute Gasteiger partial charge is 0.150 e. The first-order valence-electron chi connectivity index (χ1n) is 2.75. The van der Waals surface area contributed by atoms with E-state index in [0.717, 1.165) is 0 Å². The molecule has 0 radical (unpaired) electrons. The molecule has 0 amide bonds. The minimum absolute atomic E-state index is 0.195. The van der Waals surface area contributed by atoms with E-state index in [2.05, 4.69) is 4.98 Å². The molecule has 0 atom stereocenters. The van der Waals surface area contributed by atoms with Crippen molar-refractivity contribution in [2.75, 3.05) is 0 Å². The van der Waals surface area contributed by atoms with Gasteiger partial charge in [-0.05, 0) is 0 Å². The van der Waals surface area contributed by atoms with E-state index in [0.29, 0.717) is 10.2 Å². The van der Waals surface area contributed by atoms with Crippen molar-refractivity contribution < 1.29 is 10.2 Å². The lowest BCUT2D eigenvalue weighted by Crippen LogP contribution is -1.56. The summed E-state index contributed by atoms with van der Waals surface area (Å²) >= 11 is 1.32. The van der Waals surface area contributed by atoms with Crippen molar-refractivity contribution in [3.63, 3.8) is 0 Å². The third-order valence-electron chi connectivity index (χ3n) is 1.36. The van der Waals surface area contributed by atoms with E-state index in [-0.39, 0.29) is 11.5 Å². The molecule has 0 aromatic carbocycles. The van der Waals surface area contributed by atoms with E-state index in [1.54, 1.807) is 5.38 Å². The summed E-state index contributed by atoms with van der Waals surface area (Å²) in [4.78, 5) is 2.75. The van der Waals surface area contributed by atoms with Crippen LogP contribution in [0.3, 0.4) is 0 Å². The molecule has 2 heterocycles. The normalized spacial score (nSPS) is 10.8. The summed E-state index contributed by atoms with van der Waals surface area (Å²) in [6, 6.07) is 0. The second-order valence-corrected chi connectivity index (χ2v) is 2.88. The van der Waals surface area contributed by atoms with Crippen LogP contribution in [0.15, 0.2) is 11.6 Å². The van der Waals surface area contributed by atoms with Crippen LogP contribution in [0.2, 0.25) is 0 Å². The van der Waals surface area contributed by atoms with Gasteiger partial charge in [-0.25, -0.2) is 0 Å². The third-order valence-corrected chi connectivity index (χ3v) is 2.35. The molecule has 3 N–H and O–H groups in total. The zero-order valence-corrected chi connectivity index (χ0v) is 5.77. The molecule has 3 nitrogen and oxygen atoms in total. The van der Waals surface area contributed by atoms with Gasteiger partial charge >= 0.3 is 0 Å². The van der Waals surface area contributed by atoms with Crippen molar-refractivity contribution in [3.8, 4) is 11.5 Å². The fraction of sp³-hybridized carbons (Fsp3) is 0. The molecule has 0 spiro atoms. The topological polar surface area (TPSA) is 56.2 Å². The number of fused-ring (bicyclic) bond motifs is 1. The van der Waals surface area contributed by atoms with Gasteiger partial charge in [0.2, 0.25) is 0 Å². The second kappa shape index (κ2) is 1.67. The van der Waals surface area contributed by atoms with Crippen molar-refractivity contribution in [1.82, 2.24) is 4.98 Å². The average molecular weight is 155 g/mol. The van der Waals surface area contributed by atoms with Gasteiger partial charge in [-0.2, -0.15) is 0 Å². The highest BCUT2D eigenvalue weighted by molar-refractivity contribution is 7.18. The zero-order chi connectivity index (χ0) is 7.14. The zero-order valence-electron chi connectivity index (χ0n) is 4.96. The molecule has 0 aliphatic heterocycles. The number of hydrogen-bond acceptors (Lipinski definition) is 3. The van der Waals surface area contributed by atoms with Crippen LogP contribution in [0.1, 0.15) is 0 Å². The van der Waals surface area contributed by atoms with Crippen LogP contribution in [0, 0.1) is 0 Å². The Morgan fingerprint density at radius 3 is 2.80 bits per heavy atom. The Morgan fingerprint density at radius 2 is 2.10 bits per heavy atom. The Balaban J connectivity index is 2.95. The molecule has 52 valence electrons. The summed E-state index contributed by atoms with van der Waals surface area (Å²) < 4.78 is 0.706. The molecular formula is C6H5NO2S. The highest BCUT2D eigenvalue weighted by atomic mass is 32.1. The summed E-state index contributed by atoms with van der Waals surface area (Å²) in [5, 5.41) is 19.8. The number of thiophene rings is 1. The summed E-state index contributed by atoms with van der Waals surface area (Å²) in [5.41, 5.74) is 0.613.